The van der Waals surface area contributed by atoms with E-state index < -0.39 is 10.0 Å². The van der Waals surface area contributed by atoms with Gasteiger partial charge in [-0.25, -0.2) is 13.6 Å². The molecule has 0 aliphatic heterocycles. The van der Waals surface area contributed by atoms with Crippen LogP contribution in [0.25, 0.3) is 0 Å². The summed E-state index contributed by atoms with van der Waals surface area (Å²) in [5.74, 6) is -0.288. The number of amides is 1. The van der Waals surface area contributed by atoms with Crippen molar-refractivity contribution in [1.82, 2.24) is 5.32 Å². The van der Waals surface area contributed by atoms with Gasteiger partial charge >= 0.3 is 0 Å². The number of carbonyl (C=O) groups excluding carboxylic acids is 1. The van der Waals surface area contributed by atoms with Crippen LogP contribution in [-0.2, 0) is 10.0 Å². The molecule has 1 aromatic rings. The van der Waals surface area contributed by atoms with Gasteiger partial charge in [0.15, 0.2) is 0 Å². The van der Waals surface area contributed by atoms with E-state index in [2.05, 4.69) is 21.2 Å². The maximum Gasteiger partial charge on any atom is 0.251 e. The predicted molar refractivity (Wildman–Crippen MR) is 87.9 cm³/mol. The molecule has 22 heavy (non-hydrogen) atoms. The number of nitrogens with two attached hydrogens (primary N) is 2. The summed E-state index contributed by atoms with van der Waals surface area (Å²) in [6, 6.07) is 3.29. The second kappa shape index (κ2) is 6.66. The van der Waals surface area contributed by atoms with E-state index in [4.69, 9.17) is 10.9 Å². The largest absolute Gasteiger partial charge is 0.349 e. The zero-order valence-corrected chi connectivity index (χ0v) is 14.7. The number of sulfonamides is 1. The first-order valence-electron chi connectivity index (χ1n) is 7.08. The van der Waals surface area contributed by atoms with Crippen LogP contribution in [0.15, 0.2) is 21.5 Å². The maximum absolute atomic E-state index is 12.4. The Morgan fingerprint density at radius 2 is 1.86 bits per heavy atom. The number of hydrogen-bond acceptors (Lipinski definition) is 4. The van der Waals surface area contributed by atoms with E-state index in [9.17, 15) is 13.2 Å². The zero-order valence-electron chi connectivity index (χ0n) is 12.3. The van der Waals surface area contributed by atoms with E-state index in [1.165, 1.54) is 6.07 Å². The van der Waals surface area contributed by atoms with Crippen LogP contribution in [0.1, 0.15) is 41.6 Å². The van der Waals surface area contributed by atoms with Crippen molar-refractivity contribution in [3.63, 3.8) is 0 Å². The number of nitrogens with one attached hydrogen (secondary N) is 1. The van der Waals surface area contributed by atoms with Crippen molar-refractivity contribution < 1.29 is 13.2 Å². The van der Waals surface area contributed by atoms with Crippen LogP contribution in [0.2, 0.25) is 0 Å². The van der Waals surface area contributed by atoms with Crippen LogP contribution in [0, 0.1) is 6.92 Å². The van der Waals surface area contributed by atoms with Crippen molar-refractivity contribution in [3.8, 4) is 0 Å². The summed E-state index contributed by atoms with van der Waals surface area (Å²) in [7, 11) is -3.88. The van der Waals surface area contributed by atoms with Gasteiger partial charge in [-0.3, -0.25) is 4.79 Å². The maximum atomic E-state index is 12.4. The van der Waals surface area contributed by atoms with E-state index in [1.807, 2.05) is 0 Å². The van der Waals surface area contributed by atoms with Gasteiger partial charge in [-0.15, -0.1) is 0 Å². The Labute approximate surface area is 138 Å². The molecule has 5 N–H and O–H groups in total. The molecule has 8 heteroatoms. The second-order valence-corrected chi connectivity index (χ2v) is 8.15. The van der Waals surface area contributed by atoms with Crippen molar-refractivity contribution >= 4 is 31.9 Å². The summed E-state index contributed by atoms with van der Waals surface area (Å²) in [6.45, 7) is 1.58. The van der Waals surface area contributed by atoms with Crippen molar-refractivity contribution in [3.05, 3.63) is 27.7 Å². The van der Waals surface area contributed by atoms with Crippen molar-refractivity contribution in [1.29, 1.82) is 0 Å². The molecule has 1 saturated carbocycles. The third-order valence-corrected chi connectivity index (χ3v) is 5.48. The van der Waals surface area contributed by atoms with Gasteiger partial charge in [0.1, 0.15) is 0 Å². The number of halogens is 1. The third kappa shape index (κ3) is 4.07. The van der Waals surface area contributed by atoms with E-state index in [0.717, 1.165) is 25.7 Å². The molecule has 2 rings (SSSR count). The third-order valence-electron chi connectivity index (χ3n) is 3.98. The van der Waals surface area contributed by atoms with E-state index >= 15 is 0 Å². The molecule has 6 nitrogen and oxygen atoms in total. The van der Waals surface area contributed by atoms with Gasteiger partial charge in [-0.1, -0.05) is 15.9 Å². The lowest BCUT2D eigenvalue weighted by molar-refractivity contribution is 0.0925. The smallest absolute Gasteiger partial charge is 0.251 e. The fraction of sp³-hybridized carbons (Fsp3) is 0.500. The number of rotatable bonds is 3. The van der Waals surface area contributed by atoms with Crippen LogP contribution in [-0.4, -0.2) is 26.4 Å². The normalized spacial score (nSPS) is 22.4. The highest BCUT2D eigenvalue weighted by Gasteiger charge is 2.23. The average Bonchev–Trinajstić information content (AvgIpc) is 2.42. The van der Waals surface area contributed by atoms with Crippen LogP contribution < -0.4 is 16.2 Å². The number of benzene rings is 1. The first-order chi connectivity index (χ1) is 10.2. The lowest BCUT2D eigenvalue weighted by Gasteiger charge is -2.27. The van der Waals surface area contributed by atoms with Gasteiger partial charge in [0.05, 0.1) is 4.90 Å². The Bertz CT molecular complexity index is 683. The van der Waals surface area contributed by atoms with Gasteiger partial charge in [0.25, 0.3) is 5.91 Å². The minimum Gasteiger partial charge on any atom is -0.349 e. The summed E-state index contributed by atoms with van der Waals surface area (Å²) >= 11 is 3.22. The molecule has 0 bridgehead atoms. The summed E-state index contributed by atoms with van der Waals surface area (Å²) in [5.41, 5.74) is 6.52. The highest BCUT2D eigenvalue weighted by Crippen LogP contribution is 2.25. The average molecular weight is 390 g/mol. The molecule has 0 radical (unpaired) electrons. The lowest BCUT2D eigenvalue weighted by atomic mass is 9.91. The summed E-state index contributed by atoms with van der Waals surface area (Å²) < 4.78 is 23.7. The quantitative estimate of drug-likeness (QED) is 0.724. The molecule has 0 unspecified atom stereocenters. The highest BCUT2D eigenvalue weighted by molar-refractivity contribution is 9.10. The first kappa shape index (κ1) is 17.4. The van der Waals surface area contributed by atoms with Crippen molar-refractivity contribution in [2.24, 2.45) is 10.9 Å². The molecule has 1 fully saturated rings. The SMILES string of the molecule is Cc1c(C(=O)NC2CCC(N)CC2)cc(Br)cc1S(N)(=O)=O. The number of hydrogen-bond donors (Lipinski definition) is 3. The molecule has 1 aromatic carbocycles. The molecule has 0 saturated heterocycles. The predicted octanol–water partition coefficient (Wildman–Crippen LogP) is 1.40. The van der Waals surface area contributed by atoms with E-state index in [-0.39, 0.29) is 22.9 Å². The first-order valence-corrected chi connectivity index (χ1v) is 9.42. The van der Waals surface area contributed by atoms with Gasteiger partial charge in [-0.2, -0.15) is 0 Å². The molecule has 1 amide bonds. The van der Waals surface area contributed by atoms with Gasteiger partial charge in [0, 0.05) is 22.1 Å². The molecule has 0 atom stereocenters. The second-order valence-electron chi connectivity index (χ2n) is 5.71. The van der Waals surface area contributed by atoms with Gasteiger partial charge < -0.3 is 11.1 Å². The zero-order chi connectivity index (χ0) is 16.5. The summed E-state index contributed by atoms with van der Waals surface area (Å²) in [5, 5.41) is 8.15. The lowest BCUT2D eigenvalue weighted by Crippen LogP contribution is -2.40. The Kier molecular flexibility index (Phi) is 5.26. The summed E-state index contributed by atoms with van der Waals surface area (Å²) in [6.07, 6.45) is 3.43. The fourth-order valence-corrected chi connectivity index (χ4v) is 4.15. The molecule has 1 aliphatic carbocycles. The van der Waals surface area contributed by atoms with E-state index in [1.54, 1.807) is 13.0 Å². The van der Waals surface area contributed by atoms with Crippen molar-refractivity contribution in [2.75, 3.05) is 0 Å². The molecule has 0 spiro atoms. The molecular formula is C14H20BrN3O3S. The minimum absolute atomic E-state index is 0.0438. The van der Waals surface area contributed by atoms with Crippen LogP contribution in [0.4, 0.5) is 0 Å². The Morgan fingerprint density at radius 3 is 2.41 bits per heavy atom. The summed E-state index contributed by atoms with van der Waals surface area (Å²) in [4.78, 5) is 12.4. The van der Waals surface area contributed by atoms with Gasteiger partial charge in [0.2, 0.25) is 10.0 Å². The molecule has 0 aromatic heterocycles. The Balaban J connectivity index is 2.25. The number of primary sulfonamides is 1. The van der Waals surface area contributed by atoms with Gasteiger partial charge in [-0.05, 0) is 50.3 Å². The van der Waals surface area contributed by atoms with Crippen LogP contribution in [0.3, 0.4) is 0 Å². The molecular weight excluding hydrogens is 370 g/mol. The van der Waals surface area contributed by atoms with Crippen molar-refractivity contribution in [2.45, 2.75) is 49.6 Å². The topological polar surface area (TPSA) is 115 Å². The standard InChI is InChI=1S/C14H20BrN3O3S/c1-8-12(6-9(15)7-13(8)22(17,20)21)14(19)18-11-4-2-10(16)3-5-11/h6-7,10-11H,2-5,16H2,1H3,(H,18,19)(H2,17,20,21). The van der Waals surface area contributed by atoms with E-state index in [0.29, 0.717) is 15.6 Å². The Morgan fingerprint density at radius 1 is 1.27 bits per heavy atom. The fourth-order valence-electron chi connectivity index (χ4n) is 2.71. The molecule has 122 valence electrons. The molecule has 1 aliphatic rings. The minimum atomic E-state index is -3.88. The van der Waals surface area contributed by atoms with Crippen LogP contribution in [0.5, 0.6) is 0 Å². The molecule has 0 heterocycles. The monoisotopic (exact) mass is 389 g/mol. The van der Waals surface area contributed by atoms with Crippen LogP contribution >= 0.6 is 15.9 Å². The highest BCUT2D eigenvalue weighted by atomic mass is 79.9. The Hall–Kier alpha value is -0.960. The number of carbonyl (C=O) groups is 1.